The van der Waals surface area contributed by atoms with Gasteiger partial charge in [-0.2, -0.15) is 0 Å². The van der Waals surface area contributed by atoms with Gasteiger partial charge >= 0.3 is 0 Å². The zero-order chi connectivity index (χ0) is 17.5. The number of hydrogen-bond donors (Lipinski definition) is 1. The lowest BCUT2D eigenvalue weighted by Gasteiger charge is -2.40. The summed E-state index contributed by atoms with van der Waals surface area (Å²) in [6, 6.07) is 31.9. The van der Waals surface area contributed by atoms with Gasteiger partial charge in [0, 0.05) is 12.0 Å². The predicted molar refractivity (Wildman–Crippen MR) is 105 cm³/mol. The first-order valence-corrected chi connectivity index (χ1v) is 8.99. The Bertz CT molecular complexity index is 708. The summed E-state index contributed by atoms with van der Waals surface area (Å²) in [6.45, 7) is 2.34. The molecule has 0 aromatic heterocycles. The molecule has 3 rings (SSSR count). The number of aliphatic hydroxyl groups excluding tert-OH is 1. The first kappa shape index (κ1) is 17.4. The molecule has 0 fully saturated rings. The maximum absolute atomic E-state index is 10.1. The van der Waals surface area contributed by atoms with Crippen molar-refractivity contribution in [2.45, 2.75) is 25.2 Å². The lowest BCUT2D eigenvalue weighted by atomic mass is 9.64. The molecule has 1 N–H and O–H groups in total. The molecule has 0 amide bonds. The van der Waals surface area contributed by atoms with Crippen molar-refractivity contribution in [2.75, 3.05) is 6.61 Å². The van der Waals surface area contributed by atoms with Crippen LogP contribution in [-0.2, 0) is 18.3 Å². The molecular formula is C24H26O. The van der Waals surface area contributed by atoms with E-state index in [2.05, 4.69) is 97.9 Å². The average Bonchev–Trinajstić information content (AvgIpc) is 2.69. The summed E-state index contributed by atoms with van der Waals surface area (Å²) in [4.78, 5) is 0. The van der Waals surface area contributed by atoms with Crippen molar-refractivity contribution in [3.63, 3.8) is 0 Å². The van der Waals surface area contributed by atoms with Gasteiger partial charge in [-0.05, 0) is 35.4 Å². The minimum atomic E-state index is -0.140. The van der Waals surface area contributed by atoms with E-state index in [-0.39, 0.29) is 17.9 Å². The van der Waals surface area contributed by atoms with Crippen molar-refractivity contribution >= 4 is 0 Å². The predicted octanol–water partition coefficient (Wildman–Crippen LogP) is 5.04. The third-order valence-electron chi connectivity index (χ3n) is 5.29. The van der Waals surface area contributed by atoms with E-state index in [9.17, 15) is 5.11 Å². The van der Waals surface area contributed by atoms with Gasteiger partial charge in [-0.1, -0.05) is 97.9 Å². The third-order valence-corrected chi connectivity index (χ3v) is 5.29. The summed E-state index contributed by atoms with van der Waals surface area (Å²) in [5.74, 6) is 0.148. The van der Waals surface area contributed by atoms with Gasteiger partial charge in [-0.25, -0.2) is 0 Å². The fraction of sp³-hybridized carbons (Fsp3) is 0.250. The molecule has 0 spiro atoms. The smallest absolute Gasteiger partial charge is 0.0465 e. The summed E-state index contributed by atoms with van der Waals surface area (Å²) in [5.41, 5.74) is 3.77. The summed E-state index contributed by atoms with van der Waals surface area (Å²) in [7, 11) is 0. The Morgan fingerprint density at radius 1 is 0.680 bits per heavy atom. The summed E-state index contributed by atoms with van der Waals surface area (Å²) in [5, 5.41) is 10.1. The van der Waals surface area contributed by atoms with Gasteiger partial charge in [0.25, 0.3) is 0 Å². The second-order valence-electron chi connectivity index (χ2n) is 6.93. The molecule has 0 aliphatic rings. The molecule has 0 saturated heterocycles. The second-order valence-corrected chi connectivity index (χ2v) is 6.93. The van der Waals surface area contributed by atoms with Crippen LogP contribution < -0.4 is 0 Å². The van der Waals surface area contributed by atoms with Gasteiger partial charge in [-0.3, -0.25) is 0 Å². The zero-order valence-electron chi connectivity index (χ0n) is 14.8. The van der Waals surface area contributed by atoms with Crippen molar-refractivity contribution in [3.8, 4) is 0 Å². The fourth-order valence-electron chi connectivity index (χ4n) is 3.76. The molecule has 0 saturated carbocycles. The molecule has 3 aromatic carbocycles. The molecule has 1 nitrogen and oxygen atoms in total. The van der Waals surface area contributed by atoms with E-state index in [1.807, 2.05) is 0 Å². The van der Waals surface area contributed by atoms with Crippen LogP contribution in [0.3, 0.4) is 0 Å². The van der Waals surface area contributed by atoms with Crippen LogP contribution in [0.15, 0.2) is 91.0 Å². The fourth-order valence-corrected chi connectivity index (χ4v) is 3.76. The Morgan fingerprint density at radius 2 is 1.08 bits per heavy atom. The zero-order valence-corrected chi connectivity index (χ0v) is 14.8. The van der Waals surface area contributed by atoms with Gasteiger partial charge in [0.1, 0.15) is 0 Å². The van der Waals surface area contributed by atoms with Crippen molar-refractivity contribution in [1.82, 2.24) is 0 Å². The Hall–Kier alpha value is -2.38. The molecular weight excluding hydrogens is 304 g/mol. The molecule has 0 heterocycles. The van der Waals surface area contributed by atoms with Crippen molar-refractivity contribution in [2.24, 2.45) is 5.92 Å². The molecule has 0 bridgehead atoms. The number of aliphatic hydroxyl groups is 1. The average molecular weight is 330 g/mol. The molecule has 0 aliphatic heterocycles. The SMILES string of the molecule is CC(CO)C(Cc1ccccc1)(Cc1ccccc1)c1ccccc1. The maximum Gasteiger partial charge on any atom is 0.0465 e. The van der Waals surface area contributed by atoms with Gasteiger partial charge < -0.3 is 5.11 Å². The van der Waals surface area contributed by atoms with Crippen LogP contribution in [0.5, 0.6) is 0 Å². The van der Waals surface area contributed by atoms with E-state index in [0.717, 1.165) is 12.8 Å². The Morgan fingerprint density at radius 3 is 1.48 bits per heavy atom. The van der Waals surface area contributed by atoms with Crippen molar-refractivity contribution < 1.29 is 5.11 Å². The quantitative estimate of drug-likeness (QED) is 0.643. The normalized spacial score (nSPS) is 12.7. The minimum Gasteiger partial charge on any atom is -0.396 e. The molecule has 3 aromatic rings. The largest absolute Gasteiger partial charge is 0.396 e. The molecule has 0 radical (unpaired) electrons. The molecule has 1 heteroatoms. The van der Waals surface area contributed by atoms with E-state index in [1.54, 1.807) is 0 Å². The topological polar surface area (TPSA) is 20.2 Å². The summed E-state index contributed by atoms with van der Waals surface area (Å²) < 4.78 is 0. The van der Waals surface area contributed by atoms with E-state index < -0.39 is 0 Å². The van der Waals surface area contributed by atoms with Crippen molar-refractivity contribution in [1.29, 1.82) is 0 Å². The highest BCUT2D eigenvalue weighted by Gasteiger charge is 2.37. The second kappa shape index (κ2) is 8.13. The number of benzene rings is 3. The first-order valence-electron chi connectivity index (χ1n) is 8.99. The van der Waals surface area contributed by atoms with E-state index >= 15 is 0 Å². The van der Waals surface area contributed by atoms with Crippen LogP contribution in [-0.4, -0.2) is 11.7 Å². The van der Waals surface area contributed by atoms with Crippen LogP contribution in [0.1, 0.15) is 23.6 Å². The minimum absolute atomic E-state index is 0.140. The molecule has 128 valence electrons. The molecule has 25 heavy (non-hydrogen) atoms. The van der Waals surface area contributed by atoms with Crippen LogP contribution in [0, 0.1) is 5.92 Å². The lowest BCUT2D eigenvalue weighted by molar-refractivity contribution is 0.158. The Labute approximate surface area is 151 Å². The number of hydrogen-bond acceptors (Lipinski definition) is 1. The first-order chi connectivity index (χ1) is 12.2. The Balaban J connectivity index is 2.09. The van der Waals surface area contributed by atoms with E-state index in [4.69, 9.17) is 0 Å². The lowest BCUT2D eigenvalue weighted by Crippen LogP contribution is -2.40. The molecule has 1 unspecified atom stereocenters. The van der Waals surface area contributed by atoms with Crippen LogP contribution in [0.4, 0.5) is 0 Å². The van der Waals surface area contributed by atoms with E-state index in [0.29, 0.717) is 0 Å². The highest BCUT2D eigenvalue weighted by atomic mass is 16.3. The summed E-state index contributed by atoms with van der Waals surface area (Å²) >= 11 is 0. The third kappa shape index (κ3) is 4.00. The number of rotatable bonds is 7. The Kier molecular flexibility index (Phi) is 5.67. The van der Waals surface area contributed by atoms with Crippen LogP contribution in [0.25, 0.3) is 0 Å². The van der Waals surface area contributed by atoms with Crippen LogP contribution >= 0.6 is 0 Å². The monoisotopic (exact) mass is 330 g/mol. The summed E-state index contributed by atoms with van der Waals surface area (Å²) in [6.07, 6.45) is 1.82. The van der Waals surface area contributed by atoms with Crippen molar-refractivity contribution in [3.05, 3.63) is 108 Å². The standard InChI is InChI=1S/C24H26O/c1-20(19-25)24(23-15-9-4-10-16-23,17-21-11-5-2-6-12-21)18-22-13-7-3-8-14-22/h2-16,20,25H,17-19H2,1H3. The molecule has 1 atom stereocenters. The maximum atomic E-state index is 10.1. The van der Waals surface area contributed by atoms with Gasteiger partial charge in [0.05, 0.1) is 0 Å². The van der Waals surface area contributed by atoms with Gasteiger partial charge in [-0.15, -0.1) is 0 Å². The molecule has 0 aliphatic carbocycles. The van der Waals surface area contributed by atoms with Crippen LogP contribution in [0.2, 0.25) is 0 Å². The highest BCUT2D eigenvalue weighted by molar-refractivity contribution is 5.34. The van der Waals surface area contributed by atoms with Gasteiger partial charge in [0.2, 0.25) is 0 Å². The van der Waals surface area contributed by atoms with Gasteiger partial charge in [0.15, 0.2) is 0 Å². The van der Waals surface area contributed by atoms with E-state index in [1.165, 1.54) is 16.7 Å². The highest BCUT2D eigenvalue weighted by Crippen LogP contribution is 2.39.